The van der Waals surface area contributed by atoms with Gasteiger partial charge in [-0.25, -0.2) is 0 Å². The Bertz CT molecular complexity index is 468. The summed E-state index contributed by atoms with van der Waals surface area (Å²) in [6.45, 7) is 0.678. The lowest BCUT2D eigenvalue weighted by atomic mass is 10.2. The fourth-order valence-electron chi connectivity index (χ4n) is 1.77. The Morgan fingerprint density at radius 3 is 2.82 bits per heavy atom. The number of benzene rings is 1. The summed E-state index contributed by atoms with van der Waals surface area (Å²) in [7, 11) is 0. The Morgan fingerprint density at radius 2 is 2.12 bits per heavy atom. The number of para-hydroxylation sites is 1. The van der Waals surface area contributed by atoms with E-state index in [0.29, 0.717) is 6.54 Å². The van der Waals surface area contributed by atoms with Crippen LogP contribution in [0.4, 0.5) is 14.5 Å². The van der Waals surface area contributed by atoms with E-state index in [-0.39, 0.29) is 0 Å². The van der Waals surface area contributed by atoms with Crippen LogP contribution in [0.1, 0.15) is 5.56 Å². The number of hydrogen-bond acceptors (Lipinski definition) is 2. The summed E-state index contributed by atoms with van der Waals surface area (Å²) in [5.41, 5.74) is 2.08. The Morgan fingerprint density at radius 1 is 1.41 bits per heavy atom. The number of ketones is 1. The van der Waals surface area contributed by atoms with Gasteiger partial charge in [0.15, 0.2) is 0 Å². The first-order chi connectivity index (χ1) is 7.98. The lowest BCUT2D eigenvalue weighted by molar-refractivity contribution is -0.128. The quantitative estimate of drug-likeness (QED) is 0.613. The second-order valence-corrected chi connectivity index (χ2v) is 4.22. The number of fused-ring (bicyclic) bond motifs is 1. The average molecular weight is 258 g/mol. The molecule has 5 heteroatoms. The van der Waals surface area contributed by atoms with Crippen LogP contribution in [0.25, 0.3) is 0 Å². The molecule has 0 aliphatic carbocycles. The molecular formula is C12H10ClF2NO. The molecule has 2 nitrogen and oxygen atoms in total. The molecule has 0 aromatic heterocycles. The zero-order valence-electron chi connectivity index (χ0n) is 8.87. The van der Waals surface area contributed by atoms with Crippen molar-refractivity contribution in [2.45, 2.75) is 11.8 Å². The number of carbonyl (C=O) groups is 1. The van der Waals surface area contributed by atoms with Crippen molar-refractivity contribution in [2.75, 3.05) is 11.4 Å². The van der Waals surface area contributed by atoms with Gasteiger partial charge in [0, 0.05) is 24.5 Å². The van der Waals surface area contributed by atoms with Crippen LogP contribution in [0.15, 0.2) is 36.5 Å². The molecular weight excluding hydrogens is 248 g/mol. The van der Waals surface area contributed by atoms with E-state index in [1.54, 1.807) is 4.90 Å². The highest BCUT2D eigenvalue weighted by Gasteiger charge is 2.33. The maximum absolute atomic E-state index is 12.4. The lowest BCUT2D eigenvalue weighted by Gasteiger charge is -2.13. The summed E-state index contributed by atoms with van der Waals surface area (Å²) in [5.74, 6) is -1.40. The van der Waals surface area contributed by atoms with E-state index in [4.69, 9.17) is 0 Å². The molecule has 0 radical (unpaired) electrons. The van der Waals surface area contributed by atoms with Crippen molar-refractivity contribution >= 4 is 23.1 Å². The highest BCUT2D eigenvalue weighted by molar-refractivity contribution is 6.34. The SMILES string of the molecule is O=C(C=CN1CCc2ccccc21)C(F)(F)Cl. The summed E-state index contributed by atoms with van der Waals surface area (Å²) in [5, 5.41) is -3.82. The van der Waals surface area contributed by atoms with E-state index in [1.165, 1.54) is 6.20 Å². The van der Waals surface area contributed by atoms with Crippen LogP contribution in [-0.2, 0) is 11.2 Å². The second-order valence-electron chi connectivity index (χ2n) is 3.75. The van der Waals surface area contributed by atoms with Crippen LogP contribution >= 0.6 is 11.6 Å². The number of allylic oxidation sites excluding steroid dienone is 1. The molecule has 1 aromatic rings. The first kappa shape index (κ1) is 12.0. The first-order valence-electron chi connectivity index (χ1n) is 5.12. The topological polar surface area (TPSA) is 20.3 Å². The zero-order chi connectivity index (χ0) is 12.5. The van der Waals surface area contributed by atoms with E-state index in [9.17, 15) is 13.6 Å². The van der Waals surface area contributed by atoms with Gasteiger partial charge < -0.3 is 4.90 Å². The maximum Gasteiger partial charge on any atom is 0.384 e. The standard InChI is InChI=1S/C12H10ClF2NO/c13-12(14,15)11(17)6-8-16-7-5-9-3-1-2-4-10(9)16/h1-4,6,8H,5,7H2. The van der Waals surface area contributed by atoms with Gasteiger partial charge >= 0.3 is 5.38 Å². The maximum atomic E-state index is 12.4. The monoisotopic (exact) mass is 257 g/mol. The third-order valence-electron chi connectivity index (χ3n) is 2.61. The molecule has 0 saturated carbocycles. The summed E-state index contributed by atoms with van der Waals surface area (Å²) < 4.78 is 24.9. The molecule has 0 amide bonds. The number of halogens is 3. The summed E-state index contributed by atoms with van der Waals surface area (Å²) in [6.07, 6.45) is 3.01. The number of alkyl halides is 3. The van der Waals surface area contributed by atoms with Crippen molar-refractivity contribution in [3.05, 3.63) is 42.1 Å². The van der Waals surface area contributed by atoms with E-state index in [0.717, 1.165) is 23.7 Å². The molecule has 2 rings (SSSR count). The normalized spacial score (nSPS) is 15.4. The van der Waals surface area contributed by atoms with Crippen molar-refractivity contribution in [3.63, 3.8) is 0 Å². The molecule has 0 saturated heterocycles. The van der Waals surface area contributed by atoms with Gasteiger partial charge in [0.2, 0.25) is 5.78 Å². The zero-order valence-corrected chi connectivity index (χ0v) is 9.62. The van der Waals surface area contributed by atoms with Gasteiger partial charge in [-0.2, -0.15) is 8.78 Å². The second kappa shape index (κ2) is 4.45. The van der Waals surface area contributed by atoms with Gasteiger partial charge in [0.1, 0.15) is 0 Å². The molecule has 17 heavy (non-hydrogen) atoms. The molecule has 1 aliphatic rings. The first-order valence-corrected chi connectivity index (χ1v) is 5.50. The van der Waals surface area contributed by atoms with Crippen LogP contribution in [0.5, 0.6) is 0 Å². The lowest BCUT2D eigenvalue weighted by Crippen LogP contribution is -2.20. The van der Waals surface area contributed by atoms with E-state index < -0.39 is 11.2 Å². The third-order valence-corrected chi connectivity index (χ3v) is 2.79. The fraction of sp³-hybridized carbons (Fsp3) is 0.250. The van der Waals surface area contributed by atoms with Crippen LogP contribution in [0, 0.1) is 0 Å². The van der Waals surface area contributed by atoms with Gasteiger partial charge in [-0.05, 0) is 29.7 Å². The van der Waals surface area contributed by atoms with Crippen molar-refractivity contribution in [1.29, 1.82) is 0 Å². The molecule has 0 N–H and O–H groups in total. The number of rotatable bonds is 3. The number of hydrogen-bond donors (Lipinski definition) is 0. The highest BCUT2D eigenvalue weighted by Crippen LogP contribution is 2.28. The highest BCUT2D eigenvalue weighted by atomic mass is 35.5. The van der Waals surface area contributed by atoms with E-state index in [1.807, 2.05) is 24.3 Å². The van der Waals surface area contributed by atoms with Gasteiger partial charge in [-0.15, -0.1) is 0 Å². The molecule has 1 heterocycles. The van der Waals surface area contributed by atoms with Crippen molar-refractivity contribution in [1.82, 2.24) is 0 Å². The number of carbonyl (C=O) groups excluding carboxylic acids is 1. The Labute approximate surface area is 102 Å². The van der Waals surface area contributed by atoms with E-state index >= 15 is 0 Å². The molecule has 0 unspecified atom stereocenters. The van der Waals surface area contributed by atoms with Crippen LogP contribution in [0.2, 0.25) is 0 Å². The minimum atomic E-state index is -3.82. The molecule has 1 aromatic carbocycles. The summed E-state index contributed by atoms with van der Waals surface area (Å²) in [4.78, 5) is 12.7. The van der Waals surface area contributed by atoms with Crippen LogP contribution in [-0.4, -0.2) is 17.7 Å². The Balaban J connectivity index is 2.12. The van der Waals surface area contributed by atoms with Crippen molar-refractivity contribution in [2.24, 2.45) is 0 Å². The minimum Gasteiger partial charge on any atom is -0.347 e. The number of anilines is 1. The predicted molar refractivity (Wildman–Crippen MR) is 62.4 cm³/mol. The largest absolute Gasteiger partial charge is 0.384 e. The van der Waals surface area contributed by atoms with Gasteiger partial charge in [-0.1, -0.05) is 18.2 Å². The smallest absolute Gasteiger partial charge is 0.347 e. The Hall–Kier alpha value is -1.42. The van der Waals surface area contributed by atoms with Crippen LogP contribution in [0.3, 0.4) is 0 Å². The predicted octanol–water partition coefficient (Wildman–Crippen LogP) is 2.96. The fourth-order valence-corrected chi connectivity index (χ4v) is 1.83. The van der Waals surface area contributed by atoms with Crippen LogP contribution < -0.4 is 4.90 Å². The van der Waals surface area contributed by atoms with E-state index in [2.05, 4.69) is 11.6 Å². The van der Waals surface area contributed by atoms with Crippen molar-refractivity contribution in [3.8, 4) is 0 Å². The van der Waals surface area contributed by atoms with Gasteiger partial charge in [0.25, 0.3) is 0 Å². The molecule has 90 valence electrons. The average Bonchev–Trinajstić information content (AvgIpc) is 2.68. The molecule has 0 fully saturated rings. The molecule has 0 bridgehead atoms. The molecule has 0 spiro atoms. The Kier molecular flexibility index (Phi) is 3.15. The minimum absolute atomic E-state index is 0.678. The molecule has 1 aliphatic heterocycles. The van der Waals surface area contributed by atoms with Gasteiger partial charge in [0.05, 0.1) is 0 Å². The summed E-state index contributed by atoms with van der Waals surface area (Å²) in [6, 6.07) is 7.64. The third kappa shape index (κ3) is 2.64. The van der Waals surface area contributed by atoms with Crippen molar-refractivity contribution < 1.29 is 13.6 Å². The summed E-state index contributed by atoms with van der Waals surface area (Å²) >= 11 is 4.62. The molecule has 0 atom stereocenters. The van der Waals surface area contributed by atoms with Gasteiger partial charge in [-0.3, -0.25) is 4.79 Å². The number of nitrogens with zero attached hydrogens (tertiary/aromatic N) is 1.